The van der Waals surface area contributed by atoms with Crippen molar-refractivity contribution in [2.24, 2.45) is 5.41 Å². The zero-order valence-electron chi connectivity index (χ0n) is 9.00. The fourth-order valence-corrected chi connectivity index (χ4v) is 0.625. The van der Waals surface area contributed by atoms with Crippen LogP contribution in [0.15, 0.2) is 12.2 Å². The molecule has 0 rings (SSSR count). The summed E-state index contributed by atoms with van der Waals surface area (Å²) in [5.41, 5.74) is -0.0350. The summed E-state index contributed by atoms with van der Waals surface area (Å²) in [5.74, 6) is -1.50. The summed E-state index contributed by atoms with van der Waals surface area (Å²) in [4.78, 5) is 21.3. The monoisotopic (exact) mass is 199 g/mol. The molecule has 1 unspecified atom stereocenters. The number of carboxylic acid groups (broad SMARTS) is 1. The minimum atomic E-state index is -1.12. The van der Waals surface area contributed by atoms with Crippen LogP contribution in [0.4, 0.5) is 0 Å². The fourth-order valence-electron chi connectivity index (χ4n) is 0.625. The van der Waals surface area contributed by atoms with E-state index in [1.54, 1.807) is 0 Å². The second kappa shape index (κ2) is 4.79. The topological polar surface area (TPSA) is 66.4 Å². The van der Waals surface area contributed by atoms with Gasteiger partial charge in [0.1, 0.15) is 0 Å². The number of carbonyl (C=O) groups excluding carboxylic acids is 1. The zero-order chi connectivity index (χ0) is 11.4. The Bertz CT molecular complexity index is 251. The highest BCUT2D eigenvalue weighted by Gasteiger charge is 2.20. The first kappa shape index (κ1) is 12.7. The minimum Gasteiger partial charge on any atom is -0.478 e. The number of nitrogens with one attached hydrogen (secondary N) is 1. The maximum absolute atomic E-state index is 11.1. The summed E-state index contributed by atoms with van der Waals surface area (Å²) in [5, 5.41) is 11.0. The first-order chi connectivity index (χ1) is 6.23. The molecule has 0 aliphatic heterocycles. The Balaban J connectivity index is 4.14. The number of aliphatic carboxylic acids is 1. The second-order valence-corrected chi connectivity index (χ2v) is 4.27. The van der Waals surface area contributed by atoms with Gasteiger partial charge in [-0.2, -0.15) is 0 Å². The van der Waals surface area contributed by atoms with Gasteiger partial charge < -0.3 is 10.4 Å². The Kier molecular flexibility index (Phi) is 4.34. The molecule has 80 valence electrons. The van der Waals surface area contributed by atoms with E-state index in [2.05, 4.69) is 5.32 Å². The van der Waals surface area contributed by atoms with Crippen molar-refractivity contribution in [3.05, 3.63) is 12.2 Å². The van der Waals surface area contributed by atoms with E-state index >= 15 is 0 Å². The highest BCUT2D eigenvalue weighted by atomic mass is 16.4. The summed E-state index contributed by atoms with van der Waals surface area (Å²) >= 11 is 0. The van der Waals surface area contributed by atoms with E-state index < -0.39 is 5.97 Å². The molecular formula is C10H17NO3. The molecule has 0 aromatic carbocycles. The van der Waals surface area contributed by atoms with Crippen LogP contribution in [0, 0.1) is 5.41 Å². The minimum absolute atomic E-state index is 0.00607. The van der Waals surface area contributed by atoms with Crippen LogP contribution in [0.25, 0.3) is 0 Å². The molecule has 4 heteroatoms. The van der Waals surface area contributed by atoms with Crippen molar-refractivity contribution in [3.63, 3.8) is 0 Å². The van der Waals surface area contributed by atoms with Crippen LogP contribution in [0.1, 0.15) is 27.7 Å². The molecule has 14 heavy (non-hydrogen) atoms. The molecule has 0 aliphatic carbocycles. The average Bonchev–Trinajstić information content (AvgIpc) is 1.99. The number of amides is 1. The Labute approximate surface area is 84.0 Å². The van der Waals surface area contributed by atoms with E-state index in [-0.39, 0.29) is 17.4 Å². The number of hydrogen-bond donors (Lipinski definition) is 2. The van der Waals surface area contributed by atoms with Gasteiger partial charge in [-0.3, -0.25) is 4.79 Å². The van der Waals surface area contributed by atoms with E-state index in [1.807, 2.05) is 27.7 Å². The van der Waals surface area contributed by atoms with Crippen LogP contribution >= 0.6 is 0 Å². The summed E-state index contributed by atoms with van der Waals surface area (Å²) in [7, 11) is 0. The van der Waals surface area contributed by atoms with Gasteiger partial charge in [0.25, 0.3) is 0 Å². The van der Waals surface area contributed by atoms with Gasteiger partial charge in [0, 0.05) is 18.2 Å². The predicted octanol–water partition coefficient (Wildman–Crippen LogP) is 1.18. The van der Waals surface area contributed by atoms with E-state index in [9.17, 15) is 9.59 Å². The van der Waals surface area contributed by atoms with Crippen LogP contribution in [-0.2, 0) is 9.59 Å². The third-order valence-electron chi connectivity index (χ3n) is 2.04. The largest absolute Gasteiger partial charge is 0.478 e. The van der Waals surface area contributed by atoms with Crippen LogP contribution in [0.3, 0.4) is 0 Å². The molecule has 0 spiro atoms. The molecule has 4 nitrogen and oxygen atoms in total. The van der Waals surface area contributed by atoms with E-state index in [0.29, 0.717) is 0 Å². The molecule has 0 heterocycles. The molecule has 0 bridgehead atoms. The van der Waals surface area contributed by atoms with Crippen LogP contribution in [-0.4, -0.2) is 23.0 Å². The Hall–Kier alpha value is -1.32. The van der Waals surface area contributed by atoms with Gasteiger partial charge in [-0.05, 0) is 12.3 Å². The van der Waals surface area contributed by atoms with Gasteiger partial charge in [0.15, 0.2) is 0 Å². The molecule has 0 aromatic rings. The molecule has 0 aliphatic rings. The first-order valence-electron chi connectivity index (χ1n) is 4.45. The maximum Gasteiger partial charge on any atom is 0.328 e. The SMILES string of the molecule is CC(NC(=O)/C=C/C(=O)O)C(C)(C)C. The molecule has 0 saturated heterocycles. The molecule has 1 amide bonds. The van der Waals surface area contributed by atoms with E-state index in [4.69, 9.17) is 5.11 Å². The van der Waals surface area contributed by atoms with E-state index in [1.165, 1.54) is 0 Å². The molecule has 0 saturated carbocycles. The highest BCUT2D eigenvalue weighted by Crippen LogP contribution is 2.18. The Morgan fingerprint density at radius 3 is 2.14 bits per heavy atom. The maximum atomic E-state index is 11.1. The summed E-state index contributed by atoms with van der Waals surface area (Å²) in [6, 6.07) is -0.00607. The van der Waals surface area contributed by atoms with Crippen molar-refractivity contribution >= 4 is 11.9 Å². The van der Waals surface area contributed by atoms with Gasteiger partial charge in [-0.25, -0.2) is 4.79 Å². The van der Waals surface area contributed by atoms with E-state index in [0.717, 1.165) is 12.2 Å². The number of carboxylic acids is 1. The van der Waals surface area contributed by atoms with Crippen molar-refractivity contribution in [2.75, 3.05) is 0 Å². The van der Waals surface area contributed by atoms with Gasteiger partial charge >= 0.3 is 5.97 Å². The van der Waals surface area contributed by atoms with Crippen molar-refractivity contribution < 1.29 is 14.7 Å². The molecule has 0 aromatic heterocycles. The quantitative estimate of drug-likeness (QED) is 0.671. The summed E-state index contributed by atoms with van der Waals surface area (Å²) < 4.78 is 0. The van der Waals surface area contributed by atoms with Crippen LogP contribution in [0.2, 0.25) is 0 Å². The van der Waals surface area contributed by atoms with Crippen LogP contribution in [0.5, 0.6) is 0 Å². The van der Waals surface area contributed by atoms with Crippen molar-refractivity contribution in [2.45, 2.75) is 33.7 Å². The highest BCUT2D eigenvalue weighted by molar-refractivity contribution is 5.93. The van der Waals surface area contributed by atoms with Gasteiger partial charge in [-0.15, -0.1) is 0 Å². The van der Waals surface area contributed by atoms with Crippen molar-refractivity contribution in [3.8, 4) is 0 Å². The summed E-state index contributed by atoms with van der Waals surface area (Å²) in [6.07, 6.45) is 1.84. The van der Waals surface area contributed by atoms with Crippen molar-refractivity contribution in [1.29, 1.82) is 0 Å². The third kappa shape index (κ3) is 5.35. The third-order valence-corrected chi connectivity index (χ3v) is 2.04. The molecule has 1 atom stereocenters. The van der Waals surface area contributed by atoms with Gasteiger partial charge in [0.05, 0.1) is 0 Å². The molecule has 0 radical (unpaired) electrons. The number of hydrogen-bond acceptors (Lipinski definition) is 2. The fraction of sp³-hybridized carbons (Fsp3) is 0.600. The Morgan fingerprint density at radius 2 is 1.79 bits per heavy atom. The standard InChI is InChI=1S/C10H17NO3/c1-7(10(2,3)4)11-8(12)5-6-9(13)14/h5-7H,1-4H3,(H,11,12)(H,13,14)/b6-5+. The lowest BCUT2D eigenvalue weighted by atomic mass is 9.88. The van der Waals surface area contributed by atoms with Gasteiger partial charge in [0.2, 0.25) is 5.91 Å². The second-order valence-electron chi connectivity index (χ2n) is 4.27. The van der Waals surface area contributed by atoms with Gasteiger partial charge in [-0.1, -0.05) is 20.8 Å². The number of carbonyl (C=O) groups is 2. The van der Waals surface area contributed by atoms with Crippen molar-refractivity contribution in [1.82, 2.24) is 5.32 Å². The molecule has 0 fully saturated rings. The lowest BCUT2D eigenvalue weighted by Gasteiger charge is -2.27. The average molecular weight is 199 g/mol. The lowest BCUT2D eigenvalue weighted by Crippen LogP contribution is -2.40. The predicted molar refractivity (Wildman–Crippen MR) is 53.8 cm³/mol. The Morgan fingerprint density at radius 1 is 1.29 bits per heavy atom. The molecule has 2 N–H and O–H groups in total. The first-order valence-corrected chi connectivity index (χ1v) is 4.45. The molecular weight excluding hydrogens is 182 g/mol. The normalized spacial score (nSPS) is 14.0. The number of rotatable bonds is 3. The smallest absolute Gasteiger partial charge is 0.328 e. The zero-order valence-corrected chi connectivity index (χ0v) is 9.00. The van der Waals surface area contributed by atoms with Crippen LogP contribution < -0.4 is 5.32 Å². The summed E-state index contributed by atoms with van der Waals surface area (Å²) in [6.45, 7) is 7.88. The lowest BCUT2D eigenvalue weighted by molar-refractivity contribution is -0.131.